The molecule has 2 aromatic rings. The fraction of sp³-hybridized carbons (Fsp3) is 0.500. The van der Waals surface area contributed by atoms with Crippen molar-refractivity contribution in [2.45, 2.75) is 38.8 Å². The standard InChI is InChI=1S/C16H21NO2/c1-11-14-9-12(7-8-18-2)3-6-15(14)19-16(11)10-17-13-4-5-13/h3,6,9,13,17H,4-5,7-8,10H2,1-2H3. The van der Waals surface area contributed by atoms with Crippen LogP contribution in [-0.4, -0.2) is 19.8 Å². The first kappa shape index (κ1) is 12.7. The molecule has 3 heteroatoms. The maximum atomic E-state index is 5.94. The molecule has 102 valence electrons. The van der Waals surface area contributed by atoms with Gasteiger partial charge in [0.05, 0.1) is 13.2 Å². The summed E-state index contributed by atoms with van der Waals surface area (Å²) < 4.78 is 11.1. The van der Waals surface area contributed by atoms with Crippen molar-refractivity contribution in [3.63, 3.8) is 0 Å². The number of methoxy groups -OCH3 is 1. The number of hydrogen-bond acceptors (Lipinski definition) is 3. The molecule has 0 spiro atoms. The molecule has 0 unspecified atom stereocenters. The van der Waals surface area contributed by atoms with Gasteiger partial charge >= 0.3 is 0 Å². The van der Waals surface area contributed by atoms with Gasteiger partial charge in [0.15, 0.2) is 0 Å². The molecule has 1 aromatic carbocycles. The molecular weight excluding hydrogens is 238 g/mol. The summed E-state index contributed by atoms with van der Waals surface area (Å²) in [7, 11) is 1.74. The molecule has 3 nitrogen and oxygen atoms in total. The number of furan rings is 1. The Balaban J connectivity index is 1.82. The minimum atomic E-state index is 0.713. The Morgan fingerprint density at radius 3 is 2.95 bits per heavy atom. The molecular formula is C16H21NO2. The first-order valence-electron chi connectivity index (χ1n) is 7.01. The molecule has 1 aliphatic rings. The first-order valence-corrected chi connectivity index (χ1v) is 7.01. The van der Waals surface area contributed by atoms with Gasteiger partial charge < -0.3 is 14.5 Å². The summed E-state index contributed by atoms with van der Waals surface area (Å²) in [4.78, 5) is 0. The lowest BCUT2D eigenvalue weighted by molar-refractivity contribution is 0.202. The lowest BCUT2D eigenvalue weighted by atomic mass is 10.1. The first-order chi connectivity index (χ1) is 9.28. The number of rotatable bonds is 6. The number of aryl methyl sites for hydroxylation is 1. The van der Waals surface area contributed by atoms with Crippen molar-refractivity contribution in [3.8, 4) is 0 Å². The number of benzene rings is 1. The minimum absolute atomic E-state index is 0.713. The molecule has 0 amide bonds. The van der Waals surface area contributed by atoms with Crippen LogP contribution in [0, 0.1) is 6.92 Å². The van der Waals surface area contributed by atoms with E-state index in [4.69, 9.17) is 9.15 Å². The highest BCUT2D eigenvalue weighted by Gasteiger charge is 2.21. The maximum absolute atomic E-state index is 5.94. The van der Waals surface area contributed by atoms with E-state index in [-0.39, 0.29) is 0 Å². The molecule has 0 saturated heterocycles. The Labute approximate surface area is 113 Å². The van der Waals surface area contributed by atoms with Crippen LogP contribution in [0.25, 0.3) is 11.0 Å². The molecule has 0 radical (unpaired) electrons. The lowest BCUT2D eigenvalue weighted by Crippen LogP contribution is -2.15. The number of nitrogens with one attached hydrogen (secondary N) is 1. The molecule has 0 atom stereocenters. The van der Waals surface area contributed by atoms with Crippen LogP contribution in [0.1, 0.15) is 29.7 Å². The summed E-state index contributed by atoms with van der Waals surface area (Å²) in [6, 6.07) is 7.15. The van der Waals surface area contributed by atoms with Gasteiger partial charge in [0.2, 0.25) is 0 Å². The third kappa shape index (κ3) is 2.82. The average Bonchev–Trinajstić information content (AvgIpc) is 3.20. The number of fused-ring (bicyclic) bond motifs is 1. The van der Waals surface area contributed by atoms with Gasteiger partial charge in [-0.25, -0.2) is 0 Å². The van der Waals surface area contributed by atoms with E-state index < -0.39 is 0 Å². The molecule has 1 N–H and O–H groups in total. The zero-order valence-corrected chi connectivity index (χ0v) is 11.7. The van der Waals surface area contributed by atoms with Gasteiger partial charge in [-0.1, -0.05) is 6.07 Å². The molecule has 0 bridgehead atoms. The second-order valence-corrected chi connectivity index (χ2v) is 5.38. The van der Waals surface area contributed by atoms with Crippen LogP contribution < -0.4 is 5.32 Å². The largest absolute Gasteiger partial charge is 0.459 e. The summed E-state index contributed by atoms with van der Waals surface area (Å²) in [5, 5.41) is 4.75. The van der Waals surface area contributed by atoms with Crippen LogP contribution in [0.15, 0.2) is 22.6 Å². The summed E-state index contributed by atoms with van der Waals surface area (Å²) in [5.41, 5.74) is 3.56. The highest BCUT2D eigenvalue weighted by Crippen LogP contribution is 2.27. The highest BCUT2D eigenvalue weighted by atomic mass is 16.5. The van der Waals surface area contributed by atoms with Crippen LogP contribution in [0.3, 0.4) is 0 Å². The Morgan fingerprint density at radius 1 is 1.37 bits per heavy atom. The summed E-state index contributed by atoms with van der Waals surface area (Å²) in [6.07, 6.45) is 3.56. The summed E-state index contributed by atoms with van der Waals surface area (Å²) >= 11 is 0. The maximum Gasteiger partial charge on any atom is 0.134 e. The van der Waals surface area contributed by atoms with Gasteiger partial charge in [-0.05, 0) is 49.4 Å². The normalized spacial score (nSPS) is 15.3. The van der Waals surface area contributed by atoms with E-state index in [1.165, 1.54) is 29.4 Å². The Bertz CT molecular complexity index is 569. The quantitative estimate of drug-likeness (QED) is 0.865. The predicted molar refractivity (Wildman–Crippen MR) is 76.4 cm³/mol. The average molecular weight is 259 g/mol. The third-order valence-electron chi connectivity index (χ3n) is 3.82. The third-order valence-corrected chi connectivity index (χ3v) is 3.82. The van der Waals surface area contributed by atoms with E-state index in [0.717, 1.165) is 30.9 Å². The van der Waals surface area contributed by atoms with Gasteiger partial charge in [0, 0.05) is 18.5 Å². The van der Waals surface area contributed by atoms with Crippen molar-refractivity contribution < 1.29 is 9.15 Å². The van der Waals surface area contributed by atoms with Gasteiger partial charge in [-0.2, -0.15) is 0 Å². The van der Waals surface area contributed by atoms with Crippen LogP contribution in [0.5, 0.6) is 0 Å². The van der Waals surface area contributed by atoms with Crippen molar-refractivity contribution in [2.75, 3.05) is 13.7 Å². The highest BCUT2D eigenvalue weighted by molar-refractivity contribution is 5.82. The molecule has 1 fully saturated rings. The van der Waals surface area contributed by atoms with E-state index in [1.807, 2.05) is 0 Å². The van der Waals surface area contributed by atoms with E-state index in [1.54, 1.807) is 7.11 Å². The fourth-order valence-electron chi connectivity index (χ4n) is 2.39. The molecule has 1 aliphatic carbocycles. The molecule has 1 aromatic heterocycles. The van der Waals surface area contributed by atoms with Crippen molar-refractivity contribution >= 4 is 11.0 Å². The van der Waals surface area contributed by atoms with Crippen molar-refractivity contribution in [1.82, 2.24) is 5.32 Å². The topological polar surface area (TPSA) is 34.4 Å². The van der Waals surface area contributed by atoms with Gasteiger partial charge in [0.25, 0.3) is 0 Å². The molecule has 1 heterocycles. The van der Waals surface area contributed by atoms with Crippen molar-refractivity contribution in [1.29, 1.82) is 0 Å². The Morgan fingerprint density at radius 2 is 2.21 bits per heavy atom. The predicted octanol–water partition coefficient (Wildman–Crippen LogP) is 3.18. The smallest absolute Gasteiger partial charge is 0.134 e. The van der Waals surface area contributed by atoms with Crippen molar-refractivity contribution in [3.05, 3.63) is 35.1 Å². The van der Waals surface area contributed by atoms with Gasteiger partial charge in [-0.15, -0.1) is 0 Å². The lowest BCUT2D eigenvalue weighted by Gasteiger charge is -2.00. The van der Waals surface area contributed by atoms with E-state index in [0.29, 0.717) is 6.04 Å². The van der Waals surface area contributed by atoms with E-state index in [9.17, 15) is 0 Å². The van der Waals surface area contributed by atoms with Crippen LogP contribution in [-0.2, 0) is 17.7 Å². The molecule has 1 saturated carbocycles. The van der Waals surface area contributed by atoms with E-state index in [2.05, 4.69) is 30.4 Å². The summed E-state index contributed by atoms with van der Waals surface area (Å²) in [6.45, 7) is 3.76. The molecule has 0 aliphatic heterocycles. The van der Waals surface area contributed by atoms with E-state index >= 15 is 0 Å². The zero-order chi connectivity index (χ0) is 13.2. The second-order valence-electron chi connectivity index (χ2n) is 5.38. The number of hydrogen-bond donors (Lipinski definition) is 1. The summed E-state index contributed by atoms with van der Waals surface area (Å²) in [5.74, 6) is 1.07. The van der Waals surface area contributed by atoms with Crippen LogP contribution in [0.4, 0.5) is 0 Å². The fourth-order valence-corrected chi connectivity index (χ4v) is 2.39. The number of ether oxygens (including phenoxy) is 1. The molecule has 19 heavy (non-hydrogen) atoms. The van der Waals surface area contributed by atoms with Crippen molar-refractivity contribution in [2.24, 2.45) is 0 Å². The Hall–Kier alpha value is -1.32. The van der Waals surface area contributed by atoms with Crippen LogP contribution >= 0.6 is 0 Å². The monoisotopic (exact) mass is 259 g/mol. The van der Waals surface area contributed by atoms with Crippen LogP contribution in [0.2, 0.25) is 0 Å². The SMILES string of the molecule is COCCc1ccc2oc(CNC3CC3)c(C)c2c1. The molecule has 3 rings (SSSR count). The Kier molecular flexibility index (Phi) is 3.58. The van der Waals surface area contributed by atoms with Gasteiger partial charge in [-0.3, -0.25) is 0 Å². The zero-order valence-electron chi connectivity index (χ0n) is 11.7. The second kappa shape index (κ2) is 5.35. The minimum Gasteiger partial charge on any atom is -0.459 e. The van der Waals surface area contributed by atoms with Gasteiger partial charge in [0.1, 0.15) is 11.3 Å².